The topological polar surface area (TPSA) is 177 Å². The standard InChI is InChI=1S/C13H17N5O6S/c1-4(12(22)23)25-13-16-9(14)6-10(17-13)18(3-15-6)11-8(21)7(20)5(2-19)24-11/h3-5,7-8,11,19-21H,2H2,1H3,(H,22,23)(H2,14,16,17)/t4?,5-,7?,8?,11-/m1/s1. The molecule has 0 aliphatic carbocycles. The molecule has 11 nitrogen and oxygen atoms in total. The molecule has 3 rings (SSSR count). The van der Waals surface area contributed by atoms with Crippen molar-refractivity contribution in [3.8, 4) is 0 Å². The molecule has 12 heteroatoms. The molecule has 5 atom stereocenters. The number of carboxylic acid groups (broad SMARTS) is 1. The highest BCUT2D eigenvalue weighted by molar-refractivity contribution is 8.00. The van der Waals surface area contributed by atoms with Gasteiger partial charge >= 0.3 is 5.97 Å². The van der Waals surface area contributed by atoms with E-state index in [1.807, 2.05) is 0 Å². The minimum absolute atomic E-state index is 0.0515. The summed E-state index contributed by atoms with van der Waals surface area (Å²) in [6, 6.07) is 0. The van der Waals surface area contributed by atoms with Crippen LogP contribution in [0.3, 0.4) is 0 Å². The van der Waals surface area contributed by atoms with Crippen molar-refractivity contribution in [2.24, 2.45) is 0 Å². The Hall–Kier alpha value is -1.99. The van der Waals surface area contributed by atoms with E-state index in [0.717, 1.165) is 11.8 Å². The van der Waals surface area contributed by atoms with Gasteiger partial charge in [-0.1, -0.05) is 11.8 Å². The number of ether oxygens (including phenoxy) is 1. The summed E-state index contributed by atoms with van der Waals surface area (Å²) >= 11 is 0.906. The summed E-state index contributed by atoms with van der Waals surface area (Å²) in [4.78, 5) is 23.4. The number of hydrogen-bond donors (Lipinski definition) is 5. The average molecular weight is 371 g/mol. The monoisotopic (exact) mass is 371 g/mol. The normalized spacial score (nSPS) is 27.7. The summed E-state index contributed by atoms with van der Waals surface area (Å²) in [5, 5.41) is 37.6. The van der Waals surface area contributed by atoms with Gasteiger partial charge in [-0.15, -0.1) is 0 Å². The third-order valence-corrected chi connectivity index (χ3v) is 4.80. The number of thioether (sulfide) groups is 1. The number of aliphatic hydroxyl groups is 3. The third-order valence-electron chi connectivity index (χ3n) is 3.85. The van der Waals surface area contributed by atoms with Gasteiger partial charge in [-0.3, -0.25) is 9.36 Å². The fourth-order valence-electron chi connectivity index (χ4n) is 2.47. The zero-order chi connectivity index (χ0) is 18.3. The van der Waals surface area contributed by atoms with E-state index in [4.69, 9.17) is 15.6 Å². The van der Waals surface area contributed by atoms with E-state index in [9.17, 15) is 20.1 Å². The number of imidazole rings is 1. The molecule has 2 aromatic rings. The highest BCUT2D eigenvalue weighted by Crippen LogP contribution is 2.33. The van der Waals surface area contributed by atoms with E-state index in [0.29, 0.717) is 0 Å². The second-order valence-corrected chi connectivity index (χ2v) is 6.85. The number of nitrogen functional groups attached to an aromatic ring is 1. The van der Waals surface area contributed by atoms with Gasteiger partial charge in [-0.05, 0) is 6.92 Å². The Bertz CT molecular complexity index is 801. The molecule has 0 bridgehead atoms. The summed E-state index contributed by atoms with van der Waals surface area (Å²) in [5.74, 6) is -0.972. The summed E-state index contributed by atoms with van der Waals surface area (Å²) in [7, 11) is 0. The van der Waals surface area contributed by atoms with Crippen molar-refractivity contribution in [2.75, 3.05) is 12.3 Å². The lowest BCUT2D eigenvalue weighted by Crippen LogP contribution is -2.33. The molecule has 6 N–H and O–H groups in total. The number of fused-ring (bicyclic) bond motifs is 1. The number of nitrogens with two attached hydrogens (primary N) is 1. The van der Waals surface area contributed by atoms with E-state index in [2.05, 4.69) is 15.0 Å². The van der Waals surface area contributed by atoms with Gasteiger partial charge in [0.2, 0.25) is 0 Å². The predicted molar refractivity (Wildman–Crippen MR) is 85.7 cm³/mol. The zero-order valence-electron chi connectivity index (χ0n) is 13.1. The Morgan fingerprint density at radius 3 is 2.76 bits per heavy atom. The predicted octanol–water partition coefficient (Wildman–Crippen LogP) is -1.41. The molecular formula is C13H17N5O6S. The highest BCUT2D eigenvalue weighted by atomic mass is 32.2. The molecule has 0 saturated carbocycles. The molecule has 0 radical (unpaired) electrons. The van der Waals surface area contributed by atoms with Crippen LogP contribution in [-0.4, -0.2) is 76.1 Å². The lowest BCUT2D eigenvalue weighted by atomic mass is 10.1. The van der Waals surface area contributed by atoms with Crippen molar-refractivity contribution in [1.82, 2.24) is 19.5 Å². The molecule has 2 aromatic heterocycles. The van der Waals surface area contributed by atoms with Crippen LogP contribution in [0.4, 0.5) is 5.82 Å². The van der Waals surface area contributed by atoms with Gasteiger partial charge in [0.1, 0.15) is 29.1 Å². The van der Waals surface area contributed by atoms with Crippen LogP contribution >= 0.6 is 11.8 Å². The van der Waals surface area contributed by atoms with Crippen LogP contribution in [0.15, 0.2) is 11.5 Å². The van der Waals surface area contributed by atoms with E-state index < -0.39 is 42.4 Å². The minimum atomic E-state index is -1.31. The van der Waals surface area contributed by atoms with Crippen molar-refractivity contribution in [3.05, 3.63) is 6.33 Å². The molecule has 136 valence electrons. The highest BCUT2D eigenvalue weighted by Gasteiger charge is 2.44. The van der Waals surface area contributed by atoms with Crippen LogP contribution < -0.4 is 5.73 Å². The van der Waals surface area contributed by atoms with Crippen molar-refractivity contribution < 1.29 is 30.0 Å². The van der Waals surface area contributed by atoms with E-state index in [-0.39, 0.29) is 22.1 Å². The van der Waals surface area contributed by atoms with Crippen molar-refractivity contribution in [3.63, 3.8) is 0 Å². The van der Waals surface area contributed by atoms with Crippen LogP contribution in [-0.2, 0) is 9.53 Å². The Kier molecular flexibility index (Phi) is 4.79. The molecule has 3 heterocycles. The Labute approximate surface area is 145 Å². The van der Waals surface area contributed by atoms with E-state index in [1.165, 1.54) is 17.8 Å². The van der Waals surface area contributed by atoms with Crippen molar-refractivity contribution in [1.29, 1.82) is 0 Å². The smallest absolute Gasteiger partial charge is 0.316 e. The number of anilines is 1. The first-order valence-electron chi connectivity index (χ1n) is 7.35. The van der Waals surface area contributed by atoms with Gasteiger partial charge < -0.3 is 30.9 Å². The Morgan fingerprint density at radius 1 is 1.44 bits per heavy atom. The number of aliphatic hydroxyl groups excluding tert-OH is 3. The fourth-order valence-corrected chi connectivity index (χ4v) is 3.18. The van der Waals surface area contributed by atoms with Gasteiger partial charge in [0.15, 0.2) is 22.8 Å². The number of carboxylic acids is 1. The maximum absolute atomic E-state index is 11.0. The molecule has 0 amide bonds. The Balaban J connectivity index is 2.00. The first-order valence-corrected chi connectivity index (χ1v) is 8.23. The van der Waals surface area contributed by atoms with Gasteiger partial charge in [-0.2, -0.15) is 0 Å². The van der Waals surface area contributed by atoms with Crippen molar-refractivity contribution in [2.45, 2.75) is 41.9 Å². The van der Waals surface area contributed by atoms with Crippen LogP contribution in [0.1, 0.15) is 13.2 Å². The van der Waals surface area contributed by atoms with Crippen LogP contribution in [0.25, 0.3) is 11.2 Å². The number of nitrogens with zero attached hydrogens (tertiary/aromatic N) is 4. The number of aliphatic carboxylic acids is 1. The van der Waals surface area contributed by atoms with Crippen LogP contribution in [0.5, 0.6) is 0 Å². The van der Waals surface area contributed by atoms with Gasteiger partial charge in [0.25, 0.3) is 0 Å². The maximum Gasteiger partial charge on any atom is 0.316 e. The van der Waals surface area contributed by atoms with Crippen LogP contribution in [0, 0.1) is 0 Å². The third kappa shape index (κ3) is 3.14. The molecule has 1 aliphatic heterocycles. The second kappa shape index (κ2) is 6.72. The van der Waals surface area contributed by atoms with Gasteiger partial charge in [0, 0.05) is 0 Å². The molecule has 0 aromatic carbocycles. The maximum atomic E-state index is 11.0. The lowest BCUT2D eigenvalue weighted by Gasteiger charge is -2.16. The molecule has 25 heavy (non-hydrogen) atoms. The lowest BCUT2D eigenvalue weighted by molar-refractivity contribution is -0.136. The molecule has 1 aliphatic rings. The number of aromatic nitrogens is 4. The molecule has 1 saturated heterocycles. The summed E-state index contributed by atoms with van der Waals surface area (Å²) in [5.41, 5.74) is 6.34. The van der Waals surface area contributed by atoms with Crippen molar-refractivity contribution >= 4 is 34.7 Å². The zero-order valence-corrected chi connectivity index (χ0v) is 13.9. The van der Waals surface area contributed by atoms with Gasteiger partial charge in [-0.25, -0.2) is 15.0 Å². The molecular weight excluding hydrogens is 354 g/mol. The first kappa shape index (κ1) is 17.8. The molecule has 3 unspecified atom stereocenters. The SMILES string of the molecule is CC(Sc1nc(N)c2ncn([C@@H]3O[C@H](CO)C(O)C3O)c2n1)C(=O)O. The fraction of sp³-hybridized carbons (Fsp3) is 0.538. The quantitative estimate of drug-likeness (QED) is 0.308. The average Bonchev–Trinajstić information content (AvgIpc) is 3.10. The number of rotatable bonds is 5. The summed E-state index contributed by atoms with van der Waals surface area (Å²) < 4.78 is 6.82. The van der Waals surface area contributed by atoms with Gasteiger partial charge in [0.05, 0.1) is 12.9 Å². The van der Waals surface area contributed by atoms with E-state index in [1.54, 1.807) is 0 Å². The Morgan fingerprint density at radius 2 is 2.16 bits per heavy atom. The number of hydrogen-bond acceptors (Lipinski definition) is 10. The summed E-state index contributed by atoms with van der Waals surface area (Å²) in [6.45, 7) is 1.02. The van der Waals surface area contributed by atoms with E-state index >= 15 is 0 Å². The number of carbonyl (C=O) groups is 1. The first-order chi connectivity index (χ1) is 11.8. The summed E-state index contributed by atoms with van der Waals surface area (Å²) in [6.07, 6.45) is -3.23. The molecule has 0 spiro atoms. The molecule has 1 fully saturated rings. The second-order valence-electron chi connectivity index (χ2n) is 5.54. The minimum Gasteiger partial charge on any atom is -0.480 e. The largest absolute Gasteiger partial charge is 0.480 e. The van der Waals surface area contributed by atoms with Crippen LogP contribution in [0.2, 0.25) is 0 Å².